The number of aromatic nitrogens is 1. The highest BCUT2D eigenvalue weighted by Crippen LogP contribution is 2.38. The number of nitrogens with one attached hydrogen (secondary N) is 1. The number of carbonyl (C=O) groups is 1. The molecule has 3 rings (SSSR count). The number of hydrogen-bond donors (Lipinski definition) is 1. The molecule has 1 saturated heterocycles. The standard InChI is InChI=1S/C18H17ClF3N3O4S2/c19-14-3-1-2-13(18(20,21)22)17(14)24-15(26)11-30-16-5-4-12(10-23-16)31(27,28)25-6-8-29-9-7-25/h1-5,10H,6-9,11H2,(H,24,26). The van der Waals surface area contributed by atoms with Crippen LogP contribution in [-0.2, 0) is 25.7 Å². The van der Waals surface area contributed by atoms with Gasteiger partial charge < -0.3 is 10.1 Å². The summed E-state index contributed by atoms with van der Waals surface area (Å²) >= 11 is 6.76. The van der Waals surface area contributed by atoms with E-state index in [-0.39, 0.29) is 28.8 Å². The molecule has 1 amide bonds. The normalized spacial score (nSPS) is 15.6. The van der Waals surface area contributed by atoms with Gasteiger partial charge in [-0.2, -0.15) is 17.5 Å². The summed E-state index contributed by atoms with van der Waals surface area (Å²) in [5.41, 5.74) is -1.56. The largest absolute Gasteiger partial charge is 0.418 e. The zero-order valence-electron chi connectivity index (χ0n) is 15.9. The number of nitrogens with zero attached hydrogens (tertiary/aromatic N) is 2. The lowest BCUT2D eigenvalue weighted by Gasteiger charge is -2.25. The predicted molar refractivity (Wildman–Crippen MR) is 110 cm³/mol. The van der Waals surface area contributed by atoms with Crippen LogP contribution in [0.15, 0.2) is 46.5 Å². The van der Waals surface area contributed by atoms with Gasteiger partial charge in [0.25, 0.3) is 0 Å². The van der Waals surface area contributed by atoms with Crippen molar-refractivity contribution >= 4 is 45.0 Å². The van der Waals surface area contributed by atoms with E-state index in [1.807, 2.05) is 0 Å². The van der Waals surface area contributed by atoms with Gasteiger partial charge in [0.15, 0.2) is 0 Å². The number of anilines is 1. The monoisotopic (exact) mass is 495 g/mol. The molecule has 1 aliphatic heterocycles. The minimum absolute atomic E-state index is 0.00841. The number of alkyl halides is 3. The smallest absolute Gasteiger partial charge is 0.379 e. The Hall–Kier alpha value is -1.86. The molecule has 0 radical (unpaired) electrons. The first-order valence-electron chi connectivity index (χ1n) is 8.91. The number of morpholine rings is 1. The van der Waals surface area contributed by atoms with Gasteiger partial charge in [-0.1, -0.05) is 29.4 Å². The number of carbonyl (C=O) groups excluding carboxylic acids is 1. The molecule has 2 heterocycles. The van der Waals surface area contributed by atoms with Gasteiger partial charge in [0.2, 0.25) is 15.9 Å². The number of benzene rings is 1. The number of pyridine rings is 1. The molecular weight excluding hydrogens is 479 g/mol. The van der Waals surface area contributed by atoms with Gasteiger partial charge in [-0.3, -0.25) is 4.79 Å². The van der Waals surface area contributed by atoms with Crippen LogP contribution < -0.4 is 5.32 Å². The summed E-state index contributed by atoms with van der Waals surface area (Å²) in [5.74, 6) is -0.958. The van der Waals surface area contributed by atoms with Crippen molar-refractivity contribution in [3.8, 4) is 0 Å². The molecule has 1 aromatic heterocycles. The second-order valence-corrected chi connectivity index (χ2v) is 9.69. The Labute approximate surface area is 186 Å². The molecule has 7 nitrogen and oxygen atoms in total. The average Bonchev–Trinajstić information content (AvgIpc) is 2.74. The van der Waals surface area contributed by atoms with Crippen molar-refractivity contribution in [2.45, 2.75) is 16.1 Å². The van der Waals surface area contributed by atoms with E-state index in [9.17, 15) is 26.4 Å². The Kier molecular flexibility index (Phi) is 7.47. The molecule has 0 saturated carbocycles. The molecular formula is C18H17ClF3N3O4S2. The molecule has 0 aliphatic carbocycles. The van der Waals surface area contributed by atoms with Crippen molar-refractivity contribution in [1.29, 1.82) is 0 Å². The lowest BCUT2D eigenvalue weighted by atomic mass is 10.1. The van der Waals surface area contributed by atoms with Gasteiger partial charge in [0.1, 0.15) is 4.90 Å². The third-order valence-corrected chi connectivity index (χ3v) is 7.39. The number of ether oxygens (including phenoxy) is 1. The second-order valence-electron chi connectivity index (χ2n) is 6.35. The minimum Gasteiger partial charge on any atom is -0.379 e. The van der Waals surface area contributed by atoms with Crippen molar-refractivity contribution in [3.63, 3.8) is 0 Å². The molecule has 168 valence electrons. The van der Waals surface area contributed by atoms with Crippen LogP contribution in [0, 0.1) is 0 Å². The zero-order chi connectivity index (χ0) is 22.6. The van der Waals surface area contributed by atoms with Crippen LogP contribution in [0.25, 0.3) is 0 Å². The Bertz CT molecular complexity index is 1040. The topological polar surface area (TPSA) is 88.6 Å². The number of rotatable bonds is 6. The van der Waals surface area contributed by atoms with Gasteiger partial charge in [-0.15, -0.1) is 0 Å². The van der Waals surface area contributed by atoms with Crippen molar-refractivity contribution in [3.05, 3.63) is 47.1 Å². The van der Waals surface area contributed by atoms with Crippen LogP contribution in [0.1, 0.15) is 5.56 Å². The predicted octanol–water partition coefficient (Wildman–Crippen LogP) is 3.51. The molecule has 0 unspecified atom stereocenters. The summed E-state index contributed by atoms with van der Waals surface area (Å²) in [5, 5.41) is 2.29. The number of hydrogen-bond acceptors (Lipinski definition) is 6. The molecule has 1 aliphatic rings. The van der Waals surface area contributed by atoms with Crippen molar-refractivity contribution in [1.82, 2.24) is 9.29 Å². The van der Waals surface area contributed by atoms with Crippen molar-refractivity contribution < 1.29 is 31.1 Å². The molecule has 13 heteroatoms. The van der Waals surface area contributed by atoms with Gasteiger partial charge in [-0.25, -0.2) is 13.4 Å². The van der Waals surface area contributed by atoms with Crippen molar-refractivity contribution in [2.24, 2.45) is 0 Å². The van der Waals surface area contributed by atoms with Crippen LogP contribution in [0.5, 0.6) is 0 Å². The van der Waals surface area contributed by atoms with E-state index in [0.717, 1.165) is 23.9 Å². The van der Waals surface area contributed by atoms with E-state index < -0.39 is 33.4 Å². The van der Waals surface area contributed by atoms with Gasteiger partial charge in [0.05, 0.1) is 40.3 Å². The number of thioether (sulfide) groups is 1. The first-order valence-corrected chi connectivity index (χ1v) is 11.7. The molecule has 0 spiro atoms. The van der Waals surface area contributed by atoms with E-state index in [2.05, 4.69) is 10.3 Å². The Morgan fingerprint density at radius 1 is 1.23 bits per heavy atom. The maximum Gasteiger partial charge on any atom is 0.418 e. The van der Waals surface area contributed by atoms with Crippen LogP contribution in [0.3, 0.4) is 0 Å². The molecule has 1 aromatic carbocycles. The fourth-order valence-corrected chi connectivity index (χ4v) is 4.96. The van der Waals surface area contributed by atoms with Crippen molar-refractivity contribution in [2.75, 3.05) is 37.4 Å². The summed E-state index contributed by atoms with van der Waals surface area (Å²) < 4.78 is 70.9. The second kappa shape index (κ2) is 9.74. The third kappa shape index (κ3) is 5.89. The van der Waals surface area contributed by atoms with Crippen LogP contribution in [0.2, 0.25) is 5.02 Å². The fourth-order valence-electron chi connectivity index (χ4n) is 2.74. The van der Waals surface area contributed by atoms with E-state index in [4.69, 9.17) is 16.3 Å². The molecule has 1 fully saturated rings. The Balaban J connectivity index is 1.63. The van der Waals surface area contributed by atoms with Crippen LogP contribution in [0.4, 0.5) is 18.9 Å². The quantitative estimate of drug-likeness (QED) is 0.617. The number of halogens is 4. The minimum atomic E-state index is -4.68. The van der Waals surface area contributed by atoms with E-state index >= 15 is 0 Å². The lowest BCUT2D eigenvalue weighted by Crippen LogP contribution is -2.40. The zero-order valence-corrected chi connectivity index (χ0v) is 18.2. The number of amides is 1. The number of sulfonamides is 1. The third-order valence-electron chi connectivity index (χ3n) is 4.25. The molecule has 31 heavy (non-hydrogen) atoms. The summed E-state index contributed by atoms with van der Waals surface area (Å²) in [7, 11) is -3.69. The fraction of sp³-hybridized carbons (Fsp3) is 0.333. The number of para-hydroxylation sites is 1. The molecule has 1 N–H and O–H groups in total. The van der Waals surface area contributed by atoms with Crippen LogP contribution in [-0.4, -0.2) is 55.7 Å². The highest BCUT2D eigenvalue weighted by atomic mass is 35.5. The first-order chi connectivity index (χ1) is 14.6. The van der Waals surface area contributed by atoms with E-state index in [1.54, 1.807) is 0 Å². The summed E-state index contributed by atoms with van der Waals surface area (Å²) in [4.78, 5) is 16.2. The van der Waals surface area contributed by atoms with Gasteiger partial charge >= 0.3 is 6.18 Å². The molecule has 2 aromatic rings. The maximum absolute atomic E-state index is 13.1. The molecule has 0 atom stereocenters. The van der Waals surface area contributed by atoms with E-state index in [0.29, 0.717) is 18.2 Å². The van der Waals surface area contributed by atoms with Gasteiger partial charge in [-0.05, 0) is 24.3 Å². The molecule has 0 bridgehead atoms. The summed E-state index contributed by atoms with van der Waals surface area (Å²) in [6.45, 7) is 1.14. The highest BCUT2D eigenvalue weighted by Gasteiger charge is 2.34. The van der Waals surface area contributed by atoms with E-state index in [1.165, 1.54) is 28.7 Å². The Morgan fingerprint density at radius 2 is 1.94 bits per heavy atom. The van der Waals surface area contributed by atoms with Crippen LogP contribution >= 0.6 is 23.4 Å². The average molecular weight is 496 g/mol. The summed E-state index contributed by atoms with van der Waals surface area (Å²) in [6, 6.07) is 6.01. The lowest BCUT2D eigenvalue weighted by molar-refractivity contribution is -0.137. The van der Waals surface area contributed by atoms with Gasteiger partial charge in [0, 0.05) is 19.3 Å². The first kappa shape index (κ1) is 23.8. The highest BCUT2D eigenvalue weighted by molar-refractivity contribution is 7.99. The SMILES string of the molecule is O=C(CSc1ccc(S(=O)(=O)N2CCOCC2)cn1)Nc1c(Cl)cccc1C(F)(F)F. The summed E-state index contributed by atoms with van der Waals surface area (Å²) in [6.07, 6.45) is -3.50. The Morgan fingerprint density at radius 3 is 2.55 bits per heavy atom. The maximum atomic E-state index is 13.1.